The summed E-state index contributed by atoms with van der Waals surface area (Å²) >= 11 is 0. The number of Topliss-reactive ketones (excluding diaryl/α,β-unsaturated/α-hetero) is 1. The van der Waals surface area contributed by atoms with Crippen molar-refractivity contribution in [2.24, 2.45) is 0 Å². The van der Waals surface area contributed by atoms with Gasteiger partial charge in [0.05, 0.1) is 42.0 Å². The van der Waals surface area contributed by atoms with E-state index in [2.05, 4.69) is 5.32 Å². The van der Waals surface area contributed by atoms with Gasteiger partial charge in [-0.15, -0.1) is 0 Å². The number of ketones is 3. The zero-order valence-electron chi connectivity index (χ0n) is 38.9. The predicted octanol–water partition coefficient (Wildman–Crippen LogP) is 6.73. The summed E-state index contributed by atoms with van der Waals surface area (Å²) in [6.45, 7) is 0.674. The maximum atomic E-state index is 14.2. The molecule has 17 nitrogen and oxygen atoms in total. The van der Waals surface area contributed by atoms with Crippen LogP contribution in [0, 0.1) is 0 Å². The summed E-state index contributed by atoms with van der Waals surface area (Å²) in [5.41, 5.74) is -0.175. The number of hydrogen-bond acceptors (Lipinski definition) is 15. The van der Waals surface area contributed by atoms with E-state index >= 15 is 0 Å². The topological polar surface area (TPSA) is 262 Å². The fourth-order valence-corrected chi connectivity index (χ4v) is 10.3. The zero-order chi connectivity index (χ0) is 49.9. The number of carbonyl (C=O) groups is 6. The van der Waals surface area contributed by atoms with Crippen LogP contribution in [0.2, 0.25) is 0 Å². The Morgan fingerprint density at radius 3 is 2.04 bits per heavy atom. The van der Waals surface area contributed by atoms with Gasteiger partial charge >= 0.3 is 18.0 Å². The van der Waals surface area contributed by atoms with Crippen LogP contribution in [0.15, 0.2) is 66.7 Å². The summed E-state index contributed by atoms with van der Waals surface area (Å²) in [5.74, 6) is -5.88. The van der Waals surface area contributed by atoms with E-state index in [1.165, 1.54) is 32.2 Å². The van der Waals surface area contributed by atoms with Gasteiger partial charge in [-0.3, -0.25) is 24.0 Å². The highest BCUT2D eigenvalue weighted by Crippen LogP contribution is 2.53. The molecule has 17 heteroatoms. The normalized spacial score (nSPS) is 22.2. The number of alkyl carbamates (subject to hydrolysis) is 1. The van der Waals surface area contributed by atoms with E-state index in [1.54, 1.807) is 0 Å². The SMILES string of the molecule is COc1cccc2c1C(=O)c1c(O)c3c(c(O)c1C2=O)C[C@@](O)(C(=O)COC(=O)CCCCCCCCCC(=O)O)C[C@@H]3O[C@H]1C[C@H](NC(=O)OCC2c3ccccc3-c3ccccc32)[C@H](O)[C@H](C)O1. The first-order valence-corrected chi connectivity index (χ1v) is 23.7. The van der Waals surface area contributed by atoms with Crippen LogP contribution in [0.4, 0.5) is 4.79 Å². The van der Waals surface area contributed by atoms with E-state index in [1.807, 2.05) is 48.5 Å². The smallest absolute Gasteiger partial charge is 0.407 e. The van der Waals surface area contributed by atoms with Crippen molar-refractivity contribution in [2.45, 2.75) is 126 Å². The Morgan fingerprint density at radius 1 is 0.771 bits per heavy atom. The molecule has 70 heavy (non-hydrogen) atoms. The van der Waals surface area contributed by atoms with Gasteiger partial charge in [0.2, 0.25) is 11.6 Å². The van der Waals surface area contributed by atoms with Crippen molar-refractivity contribution in [3.63, 3.8) is 0 Å². The van der Waals surface area contributed by atoms with Crippen LogP contribution in [0.1, 0.15) is 144 Å². The van der Waals surface area contributed by atoms with Gasteiger partial charge in [0.1, 0.15) is 35.6 Å². The second-order valence-electron chi connectivity index (χ2n) is 18.4. The van der Waals surface area contributed by atoms with Gasteiger partial charge in [-0.25, -0.2) is 4.79 Å². The summed E-state index contributed by atoms with van der Waals surface area (Å²) < 4.78 is 28.9. The number of carboxylic acids is 1. The molecule has 1 saturated heterocycles. The van der Waals surface area contributed by atoms with Crippen LogP contribution >= 0.6 is 0 Å². The number of phenols is 2. The molecule has 6 atom stereocenters. The summed E-state index contributed by atoms with van der Waals surface area (Å²) in [6, 6.07) is 19.0. The fourth-order valence-electron chi connectivity index (χ4n) is 10.3. The minimum absolute atomic E-state index is 0.00107. The maximum absolute atomic E-state index is 14.2. The number of carbonyl (C=O) groups excluding carboxylic acids is 5. The van der Waals surface area contributed by atoms with Gasteiger partial charge in [0.15, 0.2) is 18.7 Å². The number of carboxylic acid groups (broad SMARTS) is 1. The Balaban J connectivity index is 0.997. The average molecular weight is 964 g/mol. The van der Waals surface area contributed by atoms with Gasteiger partial charge in [-0.05, 0) is 48.1 Å². The molecular weight excluding hydrogens is 907 g/mol. The summed E-state index contributed by atoms with van der Waals surface area (Å²) in [4.78, 5) is 79.2. The molecule has 0 aromatic heterocycles. The highest BCUT2D eigenvalue weighted by molar-refractivity contribution is 6.31. The van der Waals surface area contributed by atoms with E-state index < -0.39 is 114 Å². The van der Waals surface area contributed by atoms with Crippen LogP contribution in [-0.4, -0.2) is 111 Å². The summed E-state index contributed by atoms with van der Waals surface area (Å²) in [5, 5.41) is 59.0. The third-order valence-electron chi connectivity index (χ3n) is 13.9. The third-order valence-corrected chi connectivity index (χ3v) is 13.9. The number of aliphatic carboxylic acids is 1. The Bertz CT molecular complexity index is 2650. The molecule has 1 amide bonds. The standard InChI is InChI=1S/C53H57NO16/c1-28-47(59)36(54-52(64)68-26-35-31-17-12-10-15-29(31)30-16-11-13-18-32(30)35)23-42(69-28)70-38-25-53(65,39(55)27-67-41(58)22-9-7-5-3-4-6-8-21-40(56)57)24-34-44(38)51(63)46-45(49(34)61)48(60)33-19-14-20-37(66-2)43(33)50(46)62/h10-20,28,35-36,38,42,47,59,61,63,65H,3-9,21-27H2,1-2H3,(H,54,64)(H,56,57)/t28-,36-,38-,42-,47+,53-/m0/s1. The van der Waals surface area contributed by atoms with Crippen molar-refractivity contribution in [3.8, 4) is 28.4 Å². The van der Waals surface area contributed by atoms with Crippen molar-refractivity contribution in [1.29, 1.82) is 0 Å². The van der Waals surface area contributed by atoms with Gasteiger partial charge in [0.25, 0.3) is 0 Å². The highest BCUT2D eigenvalue weighted by Gasteiger charge is 2.51. The number of rotatable bonds is 19. The Morgan fingerprint density at radius 2 is 1.39 bits per heavy atom. The average Bonchev–Trinajstić information content (AvgIpc) is 3.66. The molecule has 0 unspecified atom stereocenters. The maximum Gasteiger partial charge on any atom is 0.407 e. The summed E-state index contributed by atoms with van der Waals surface area (Å²) in [7, 11) is 1.31. The number of methoxy groups -OCH3 is 1. The number of nitrogens with one attached hydrogen (secondary N) is 1. The molecule has 4 aromatic carbocycles. The largest absolute Gasteiger partial charge is 0.507 e. The van der Waals surface area contributed by atoms with Gasteiger partial charge in [-0.1, -0.05) is 92.8 Å². The molecule has 370 valence electrons. The number of aliphatic hydroxyl groups is 2. The first-order chi connectivity index (χ1) is 33.6. The van der Waals surface area contributed by atoms with Crippen molar-refractivity contribution >= 4 is 35.4 Å². The number of amides is 1. The van der Waals surface area contributed by atoms with Crippen molar-refractivity contribution in [1.82, 2.24) is 5.32 Å². The molecule has 1 fully saturated rings. The summed E-state index contributed by atoms with van der Waals surface area (Å²) in [6.07, 6.45) is -2.16. The van der Waals surface area contributed by atoms with Gasteiger partial charge in [-0.2, -0.15) is 0 Å². The predicted molar refractivity (Wildman–Crippen MR) is 249 cm³/mol. The zero-order valence-corrected chi connectivity index (χ0v) is 38.9. The molecule has 4 aromatic rings. The molecule has 4 aliphatic rings. The Labute approximate surface area is 403 Å². The van der Waals surface area contributed by atoms with Crippen LogP contribution in [0.5, 0.6) is 17.2 Å². The molecule has 3 aliphatic carbocycles. The number of ether oxygens (including phenoxy) is 5. The molecule has 8 rings (SSSR count). The number of phenolic OH excluding ortho intramolecular Hbond substituents is 2. The lowest BCUT2D eigenvalue weighted by molar-refractivity contribution is -0.249. The number of benzene rings is 4. The Hall–Kier alpha value is -6.66. The van der Waals surface area contributed by atoms with E-state index in [0.29, 0.717) is 19.3 Å². The lowest BCUT2D eigenvalue weighted by Gasteiger charge is -2.42. The quantitative estimate of drug-likeness (QED) is 0.0285. The van der Waals surface area contributed by atoms with Crippen molar-refractivity contribution in [3.05, 3.63) is 111 Å². The first kappa shape index (κ1) is 49.8. The molecule has 0 saturated carbocycles. The molecule has 1 heterocycles. The minimum atomic E-state index is -2.43. The van der Waals surface area contributed by atoms with E-state index in [-0.39, 0.29) is 59.8 Å². The fraction of sp³-hybridized carbons (Fsp3) is 0.434. The lowest BCUT2D eigenvalue weighted by Crippen LogP contribution is -2.56. The number of esters is 1. The molecule has 6 N–H and O–H groups in total. The van der Waals surface area contributed by atoms with E-state index in [4.69, 9.17) is 28.8 Å². The molecule has 0 spiro atoms. The number of aliphatic hydroxyl groups excluding tert-OH is 1. The molecule has 1 aliphatic heterocycles. The van der Waals surface area contributed by atoms with Crippen LogP contribution in [0.25, 0.3) is 11.1 Å². The molecule has 0 radical (unpaired) electrons. The second kappa shape index (κ2) is 21.1. The van der Waals surface area contributed by atoms with E-state index in [0.717, 1.165) is 47.9 Å². The number of aromatic hydroxyl groups is 2. The Kier molecular flexibility index (Phi) is 15.0. The van der Waals surface area contributed by atoms with E-state index in [9.17, 15) is 49.2 Å². The van der Waals surface area contributed by atoms with Crippen LogP contribution in [-0.2, 0) is 39.8 Å². The van der Waals surface area contributed by atoms with Crippen molar-refractivity contribution in [2.75, 3.05) is 20.3 Å². The number of unbranched alkanes of at least 4 members (excludes halogenated alkanes) is 6. The monoisotopic (exact) mass is 963 g/mol. The third kappa shape index (κ3) is 10.0. The molecule has 0 bridgehead atoms. The second-order valence-corrected chi connectivity index (χ2v) is 18.4. The minimum Gasteiger partial charge on any atom is -0.507 e. The van der Waals surface area contributed by atoms with Crippen molar-refractivity contribution < 1.29 is 78.0 Å². The van der Waals surface area contributed by atoms with Crippen LogP contribution in [0.3, 0.4) is 0 Å². The number of fused-ring (bicyclic) bond motifs is 6. The molecular formula is C53H57NO16. The highest BCUT2D eigenvalue weighted by atomic mass is 16.7. The first-order valence-electron chi connectivity index (χ1n) is 23.7. The number of hydrogen-bond donors (Lipinski definition) is 6. The lowest BCUT2D eigenvalue weighted by atomic mass is 9.72. The van der Waals surface area contributed by atoms with Crippen LogP contribution < -0.4 is 10.1 Å². The van der Waals surface area contributed by atoms with Gasteiger partial charge in [0, 0.05) is 54.7 Å². The van der Waals surface area contributed by atoms with Gasteiger partial charge < -0.3 is 54.5 Å².